The van der Waals surface area contributed by atoms with Crippen LogP contribution < -0.4 is 14.8 Å². The van der Waals surface area contributed by atoms with E-state index < -0.39 is 23.6 Å². The van der Waals surface area contributed by atoms with Crippen molar-refractivity contribution in [2.45, 2.75) is 25.6 Å². The quantitative estimate of drug-likeness (QED) is 0.725. The van der Waals surface area contributed by atoms with Crippen molar-refractivity contribution in [3.63, 3.8) is 0 Å². The average molecular weight is 450 g/mol. The Bertz CT molecular complexity index is 978. The summed E-state index contributed by atoms with van der Waals surface area (Å²) in [6, 6.07) is 9.61. The van der Waals surface area contributed by atoms with E-state index in [2.05, 4.69) is 5.32 Å². The second-order valence-electron chi connectivity index (χ2n) is 7.56. The number of benzene rings is 2. The third-order valence-electron chi connectivity index (χ3n) is 5.46. The number of amides is 2. The standard InChI is InChI=1S/C23H25F3N2O4/c1-31-19-8-9-20(32-2)17(12-19)13-27-21(29)16-6-4-10-28(14-16)22(30)15-5-3-7-18(11-15)23(24,25)26/h3,5,7-9,11-12,16H,4,6,10,13-14H2,1-2H3,(H,27,29)/t16-/m1/s1. The van der Waals surface area contributed by atoms with Gasteiger partial charge in [0, 0.05) is 30.8 Å². The van der Waals surface area contributed by atoms with Crippen LogP contribution in [0.4, 0.5) is 13.2 Å². The molecule has 1 fully saturated rings. The molecule has 32 heavy (non-hydrogen) atoms. The highest BCUT2D eigenvalue weighted by molar-refractivity contribution is 5.95. The maximum Gasteiger partial charge on any atom is 0.416 e. The number of halogens is 3. The van der Waals surface area contributed by atoms with Crippen molar-refractivity contribution in [3.8, 4) is 11.5 Å². The molecule has 1 N–H and O–H groups in total. The van der Waals surface area contributed by atoms with Gasteiger partial charge in [-0.3, -0.25) is 9.59 Å². The van der Waals surface area contributed by atoms with Gasteiger partial charge in [0.1, 0.15) is 11.5 Å². The Morgan fingerprint density at radius 3 is 2.59 bits per heavy atom. The summed E-state index contributed by atoms with van der Waals surface area (Å²) in [5.74, 6) is 0.0521. The fourth-order valence-corrected chi connectivity index (χ4v) is 3.73. The van der Waals surface area contributed by atoms with Gasteiger partial charge in [-0.2, -0.15) is 13.2 Å². The number of nitrogens with zero attached hydrogens (tertiary/aromatic N) is 1. The summed E-state index contributed by atoms with van der Waals surface area (Å²) in [6.45, 7) is 0.760. The summed E-state index contributed by atoms with van der Waals surface area (Å²) >= 11 is 0. The number of carbonyl (C=O) groups is 2. The van der Waals surface area contributed by atoms with Gasteiger partial charge in [0.2, 0.25) is 5.91 Å². The molecular weight excluding hydrogens is 425 g/mol. The van der Waals surface area contributed by atoms with Gasteiger partial charge in [-0.15, -0.1) is 0 Å². The first kappa shape index (κ1) is 23.4. The SMILES string of the molecule is COc1ccc(OC)c(CNC(=O)[C@@H]2CCCN(C(=O)c3cccc(C(F)(F)F)c3)C2)c1. The van der Waals surface area contributed by atoms with Crippen molar-refractivity contribution < 1.29 is 32.2 Å². The molecule has 6 nitrogen and oxygen atoms in total. The number of methoxy groups -OCH3 is 2. The number of piperidine rings is 1. The Balaban J connectivity index is 1.65. The van der Waals surface area contributed by atoms with Crippen molar-refractivity contribution in [1.82, 2.24) is 10.2 Å². The van der Waals surface area contributed by atoms with E-state index in [0.717, 1.165) is 17.7 Å². The molecule has 1 saturated heterocycles. The second kappa shape index (κ2) is 9.93. The molecule has 3 rings (SSSR count). The van der Waals surface area contributed by atoms with Gasteiger partial charge < -0.3 is 19.7 Å². The van der Waals surface area contributed by atoms with E-state index in [1.165, 1.54) is 24.1 Å². The molecule has 9 heteroatoms. The first-order chi connectivity index (χ1) is 15.2. The molecule has 0 radical (unpaired) electrons. The minimum Gasteiger partial charge on any atom is -0.497 e. The molecule has 1 atom stereocenters. The largest absolute Gasteiger partial charge is 0.497 e. The zero-order valence-corrected chi connectivity index (χ0v) is 17.9. The van der Waals surface area contributed by atoms with Gasteiger partial charge in [0.25, 0.3) is 5.91 Å². The van der Waals surface area contributed by atoms with Gasteiger partial charge in [-0.25, -0.2) is 0 Å². The van der Waals surface area contributed by atoms with E-state index >= 15 is 0 Å². The van der Waals surface area contributed by atoms with Crippen molar-refractivity contribution >= 4 is 11.8 Å². The number of alkyl halides is 3. The van der Waals surface area contributed by atoms with E-state index in [0.29, 0.717) is 30.9 Å². The van der Waals surface area contributed by atoms with Crippen LogP contribution in [0.2, 0.25) is 0 Å². The first-order valence-corrected chi connectivity index (χ1v) is 10.2. The van der Waals surface area contributed by atoms with Crippen molar-refractivity contribution in [3.05, 3.63) is 59.2 Å². The molecule has 2 amide bonds. The third-order valence-corrected chi connectivity index (χ3v) is 5.46. The number of rotatable bonds is 6. The summed E-state index contributed by atoms with van der Waals surface area (Å²) < 4.78 is 49.4. The monoisotopic (exact) mass is 450 g/mol. The van der Waals surface area contributed by atoms with E-state index in [-0.39, 0.29) is 24.6 Å². The molecule has 2 aromatic carbocycles. The highest BCUT2D eigenvalue weighted by Gasteiger charge is 2.33. The summed E-state index contributed by atoms with van der Waals surface area (Å²) in [4.78, 5) is 27.0. The average Bonchev–Trinajstić information content (AvgIpc) is 2.81. The number of hydrogen-bond acceptors (Lipinski definition) is 4. The molecule has 1 aliphatic heterocycles. The summed E-state index contributed by atoms with van der Waals surface area (Å²) in [5, 5.41) is 2.86. The van der Waals surface area contributed by atoms with Gasteiger partial charge in [-0.05, 0) is 49.2 Å². The Labute approximate surface area is 184 Å². The lowest BCUT2D eigenvalue weighted by Crippen LogP contribution is -2.45. The minimum absolute atomic E-state index is 0.0398. The van der Waals surface area contributed by atoms with Crippen LogP contribution in [0.5, 0.6) is 11.5 Å². The van der Waals surface area contributed by atoms with Crippen molar-refractivity contribution in [2.24, 2.45) is 5.92 Å². The molecule has 0 bridgehead atoms. The fraction of sp³-hybridized carbons (Fsp3) is 0.391. The number of ether oxygens (including phenoxy) is 2. The first-order valence-electron chi connectivity index (χ1n) is 10.2. The van der Waals surface area contributed by atoms with Crippen molar-refractivity contribution in [2.75, 3.05) is 27.3 Å². The maximum absolute atomic E-state index is 13.0. The molecule has 0 saturated carbocycles. The second-order valence-corrected chi connectivity index (χ2v) is 7.56. The van der Waals surface area contributed by atoms with Crippen LogP contribution in [0.25, 0.3) is 0 Å². The minimum atomic E-state index is -4.53. The van der Waals surface area contributed by atoms with E-state index in [1.54, 1.807) is 25.3 Å². The number of carbonyl (C=O) groups excluding carboxylic acids is 2. The van der Waals surface area contributed by atoms with Crippen molar-refractivity contribution in [1.29, 1.82) is 0 Å². The highest BCUT2D eigenvalue weighted by Crippen LogP contribution is 2.30. The smallest absolute Gasteiger partial charge is 0.416 e. The lowest BCUT2D eigenvalue weighted by atomic mass is 9.96. The Kier molecular flexibility index (Phi) is 7.27. The van der Waals surface area contributed by atoms with Crippen LogP contribution >= 0.6 is 0 Å². The number of likely N-dealkylation sites (tertiary alicyclic amines) is 1. The van der Waals surface area contributed by atoms with Crippen LogP contribution in [-0.2, 0) is 17.5 Å². The molecule has 0 aliphatic carbocycles. The fourth-order valence-electron chi connectivity index (χ4n) is 3.73. The summed E-state index contributed by atoms with van der Waals surface area (Å²) in [5.41, 5.74) is -0.170. The molecule has 1 aliphatic rings. The zero-order valence-electron chi connectivity index (χ0n) is 17.9. The van der Waals surface area contributed by atoms with Crippen LogP contribution in [0.1, 0.15) is 34.3 Å². The Morgan fingerprint density at radius 2 is 1.91 bits per heavy atom. The number of nitrogens with one attached hydrogen (secondary N) is 1. The lowest BCUT2D eigenvalue weighted by molar-refractivity contribution is -0.137. The van der Waals surface area contributed by atoms with Crippen LogP contribution in [0, 0.1) is 5.92 Å². The maximum atomic E-state index is 13.0. The molecule has 172 valence electrons. The van der Waals surface area contributed by atoms with Gasteiger partial charge in [0.05, 0.1) is 25.7 Å². The van der Waals surface area contributed by atoms with E-state index in [4.69, 9.17) is 9.47 Å². The summed E-state index contributed by atoms with van der Waals surface area (Å²) in [7, 11) is 3.08. The highest BCUT2D eigenvalue weighted by atomic mass is 19.4. The number of hydrogen-bond donors (Lipinski definition) is 1. The molecule has 1 heterocycles. The van der Waals surface area contributed by atoms with Gasteiger partial charge in [0.15, 0.2) is 0 Å². The molecule has 0 spiro atoms. The molecule has 0 unspecified atom stereocenters. The zero-order chi connectivity index (χ0) is 23.3. The predicted molar refractivity (Wildman–Crippen MR) is 111 cm³/mol. The topological polar surface area (TPSA) is 67.9 Å². The Hall–Kier alpha value is -3.23. The lowest BCUT2D eigenvalue weighted by Gasteiger charge is -2.32. The summed E-state index contributed by atoms with van der Waals surface area (Å²) in [6.07, 6.45) is -3.35. The predicted octanol–water partition coefficient (Wildman–Crippen LogP) is 3.89. The molecular formula is C23H25F3N2O4. The van der Waals surface area contributed by atoms with E-state index in [1.807, 2.05) is 0 Å². The molecule has 2 aromatic rings. The third kappa shape index (κ3) is 5.52. The normalized spacial score (nSPS) is 16.4. The van der Waals surface area contributed by atoms with E-state index in [9.17, 15) is 22.8 Å². The van der Waals surface area contributed by atoms with Crippen LogP contribution in [0.15, 0.2) is 42.5 Å². The van der Waals surface area contributed by atoms with Gasteiger partial charge in [-0.1, -0.05) is 6.07 Å². The molecule has 0 aromatic heterocycles. The van der Waals surface area contributed by atoms with Gasteiger partial charge >= 0.3 is 6.18 Å². The Morgan fingerprint density at radius 1 is 1.12 bits per heavy atom. The van der Waals surface area contributed by atoms with Crippen LogP contribution in [0.3, 0.4) is 0 Å². The van der Waals surface area contributed by atoms with Crippen LogP contribution in [-0.4, -0.2) is 44.0 Å².